The van der Waals surface area contributed by atoms with Crippen LogP contribution >= 0.6 is 15.9 Å². The number of hydrogen-bond donors (Lipinski definition) is 0. The fraction of sp³-hybridized carbons (Fsp3) is 0.0769. The molecule has 3 rings (SSSR count). The van der Waals surface area contributed by atoms with Crippen molar-refractivity contribution in [2.45, 2.75) is 0 Å². The van der Waals surface area contributed by atoms with Crippen LogP contribution in [0.3, 0.4) is 0 Å². The second kappa shape index (κ2) is 4.89. The second-order valence-corrected chi connectivity index (χ2v) is 4.61. The van der Waals surface area contributed by atoms with Gasteiger partial charge in [-0.15, -0.1) is 0 Å². The lowest BCUT2D eigenvalue weighted by atomic mass is 10.2. The number of benzene rings is 1. The molecule has 96 valence electrons. The molecule has 0 radical (unpaired) electrons. The van der Waals surface area contributed by atoms with E-state index in [2.05, 4.69) is 26.1 Å². The van der Waals surface area contributed by atoms with Crippen molar-refractivity contribution in [2.24, 2.45) is 0 Å². The fourth-order valence-corrected chi connectivity index (χ4v) is 2.01. The Bertz CT molecular complexity index is 705. The van der Waals surface area contributed by atoms with Gasteiger partial charge in [0.2, 0.25) is 11.6 Å². The van der Waals surface area contributed by atoms with Crippen molar-refractivity contribution >= 4 is 15.9 Å². The zero-order valence-corrected chi connectivity index (χ0v) is 11.5. The van der Waals surface area contributed by atoms with Gasteiger partial charge in [-0.25, -0.2) is 0 Å². The van der Waals surface area contributed by atoms with Crippen molar-refractivity contribution in [3.8, 4) is 28.8 Å². The van der Waals surface area contributed by atoms with Crippen molar-refractivity contribution < 1.29 is 13.7 Å². The number of rotatable bonds is 3. The Kier molecular flexibility index (Phi) is 3.08. The molecule has 0 aliphatic rings. The normalized spacial score (nSPS) is 10.6. The summed E-state index contributed by atoms with van der Waals surface area (Å²) in [5.41, 5.74) is 0.817. The monoisotopic (exact) mass is 320 g/mol. The van der Waals surface area contributed by atoms with Crippen LogP contribution in [-0.2, 0) is 0 Å². The zero-order chi connectivity index (χ0) is 13.2. The van der Waals surface area contributed by atoms with Crippen LogP contribution in [-0.4, -0.2) is 17.3 Å². The van der Waals surface area contributed by atoms with E-state index < -0.39 is 0 Å². The molecule has 0 fully saturated rings. The fourth-order valence-electron chi connectivity index (χ4n) is 1.64. The molecule has 0 spiro atoms. The highest BCUT2D eigenvalue weighted by atomic mass is 79.9. The summed E-state index contributed by atoms with van der Waals surface area (Å²) in [7, 11) is 1.61. The highest BCUT2D eigenvalue weighted by Gasteiger charge is 2.16. The van der Waals surface area contributed by atoms with Gasteiger partial charge in [-0.3, -0.25) is 0 Å². The third-order valence-electron chi connectivity index (χ3n) is 2.57. The molecule has 1 aromatic carbocycles. The van der Waals surface area contributed by atoms with E-state index >= 15 is 0 Å². The zero-order valence-electron chi connectivity index (χ0n) is 9.96. The molecule has 2 heterocycles. The van der Waals surface area contributed by atoms with Gasteiger partial charge < -0.3 is 13.7 Å². The van der Waals surface area contributed by atoms with E-state index in [1.807, 2.05) is 24.3 Å². The number of hydrogen-bond acceptors (Lipinski definition) is 5. The summed E-state index contributed by atoms with van der Waals surface area (Å²) >= 11 is 3.35. The van der Waals surface area contributed by atoms with Crippen LogP contribution in [0.25, 0.3) is 23.0 Å². The summed E-state index contributed by atoms with van der Waals surface area (Å²) in [5, 5.41) is 3.94. The minimum absolute atomic E-state index is 0.328. The van der Waals surface area contributed by atoms with E-state index in [9.17, 15) is 0 Å². The maximum Gasteiger partial charge on any atom is 0.295 e. The predicted octanol–water partition coefficient (Wildman–Crippen LogP) is 3.77. The Morgan fingerprint density at radius 1 is 1.26 bits per heavy atom. The van der Waals surface area contributed by atoms with Gasteiger partial charge in [0.25, 0.3) is 5.89 Å². The van der Waals surface area contributed by atoms with Crippen LogP contribution in [0.15, 0.2) is 50.0 Å². The third kappa shape index (κ3) is 2.26. The summed E-state index contributed by atoms with van der Waals surface area (Å²) in [6.45, 7) is 0. The van der Waals surface area contributed by atoms with E-state index in [1.165, 1.54) is 0 Å². The number of furan rings is 1. The molecule has 2 aromatic heterocycles. The van der Waals surface area contributed by atoms with Gasteiger partial charge in [0.05, 0.1) is 17.8 Å². The summed E-state index contributed by atoms with van der Waals surface area (Å²) in [6.07, 6.45) is 1.55. The lowest BCUT2D eigenvalue weighted by Gasteiger charge is -1.99. The number of ether oxygens (including phenoxy) is 1. The lowest BCUT2D eigenvalue weighted by molar-refractivity contribution is 0.413. The van der Waals surface area contributed by atoms with Gasteiger partial charge in [0.1, 0.15) is 5.75 Å². The molecule has 0 unspecified atom stereocenters. The number of methoxy groups -OCH3 is 1. The first-order valence-corrected chi connectivity index (χ1v) is 6.29. The second-order valence-electron chi connectivity index (χ2n) is 3.75. The number of nitrogens with zero attached hydrogens (tertiary/aromatic N) is 2. The number of aromatic nitrogens is 2. The summed E-state index contributed by atoms with van der Waals surface area (Å²) < 4.78 is 16.4. The maximum absolute atomic E-state index is 5.28. The Labute approximate surface area is 117 Å². The summed E-state index contributed by atoms with van der Waals surface area (Å²) in [5.74, 6) is 2.07. The molecular weight excluding hydrogens is 312 g/mol. The van der Waals surface area contributed by atoms with E-state index in [0.717, 1.165) is 15.8 Å². The first kappa shape index (κ1) is 12.0. The Hall–Kier alpha value is -2.08. The van der Waals surface area contributed by atoms with Gasteiger partial charge in [-0.05, 0) is 34.1 Å². The molecule has 3 aromatic rings. The van der Waals surface area contributed by atoms with Crippen LogP contribution in [0.1, 0.15) is 0 Å². The largest absolute Gasteiger partial charge is 0.497 e. The van der Waals surface area contributed by atoms with Gasteiger partial charge >= 0.3 is 0 Å². The molecule has 0 aliphatic carbocycles. The summed E-state index contributed by atoms with van der Waals surface area (Å²) in [4.78, 5) is 4.30. The van der Waals surface area contributed by atoms with E-state index in [0.29, 0.717) is 17.5 Å². The quantitative estimate of drug-likeness (QED) is 0.735. The summed E-state index contributed by atoms with van der Waals surface area (Å²) in [6, 6.07) is 9.21. The van der Waals surface area contributed by atoms with Crippen LogP contribution < -0.4 is 4.74 Å². The molecule has 0 bridgehead atoms. The highest BCUT2D eigenvalue weighted by molar-refractivity contribution is 9.10. The van der Waals surface area contributed by atoms with Crippen molar-refractivity contribution in [1.29, 1.82) is 0 Å². The van der Waals surface area contributed by atoms with Gasteiger partial charge in [-0.1, -0.05) is 17.3 Å². The Morgan fingerprint density at radius 3 is 2.89 bits per heavy atom. The highest BCUT2D eigenvalue weighted by Crippen LogP contribution is 2.30. The van der Waals surface area contributed by atoms with Crippen molar-refractivity contribution in [1.82, 2.24) is 10.1 Å². The van der Waals surface area contributed by atoms with Crippen LogP contribution in [0, 0.1) is 0 Å². The molecule has 0 atom stereocenters. The predicted molar refractivity (Wildman–Crippen MR) is 71.7 cm³/mol. The number of halogens is 1. The lowest BCUT2D eigenvalue weighted by Crippen LogP contribution is -1.85. The smallest absolute Gasteiger partial charge is 0.295 e. The average Bonchev–Trinajstić information content (AvgIpc) is 3.07. The van der Waals surface area contributed by atoms with Crippen molar-refractivity contribution in [3.05, 3.63) is 41.1 Å². The molecule has 0 saturated heterocycles. The Morgan fingerprint density at radius 2 is 2.16 bits per heavy atom. The molecule has 19 heavy (non-hydrogen) atoms. The molecule has 0 amide bonds. The van der Waals surface area contributed by atoms with Crippen molar-refractivity contribution in [2.75, 3.05) is 7.11 Å². The van der Waals surface area contributed by atoms with Crippen LogP contribution in [0.5, 0.6) is 5.75 Å². The van der Waals surface area contributed by atoms with Gasteiger partial charge in [0, 0.05) is 5.56 Å². The average molecular weight is 321 g/mol. The van der Waals surface area contributed by atoms with Crippen LogP contribution in [0.2, 0.25) is 0 Å². The van der Waals surface area contributed by atoms with Gasteiger partial charge in [-0.2, -0.15) is 4.98 Å². The van der Waals surface area contributed by atoms with E-state index in [4.69, 9.17) is 13.7 Å². The molecule has 0 N–H and O–H groups in total. The molecule has 0 aliphatic heterocycles. The van der Waals surface area contributed by atoms with Crippen molar-refractivity contribution in [3.63, 3.8) is 0 Å². The third-order valence-corrected chi connectivity index (χ3v) is 3.19. The Balaban J connectivity index is 1.99. The molecule has 6 heteroatoms. The molecule has 5 nitrogen and oxygen atoms in total. The molecule has 0 saturated carbocycles. The minimum Gasteiger partial charge on any atom is -0.497 e. The maximum atomic E-state index is 5.28. The minimum atomic E-state index is 0.328. The van der Waals surface area contributed by atoms with Crippen LogP contribution in [0.4, 0.5) is 0 Å². The first-order chi connectivity index (χ1) is 9.28. The van der Waals surface area contributed by atoms with E-state index in [1.54, 1.807) is 19.4 Å². The molecular formula is C13H9BrN2O3. The SMILES string of the molecule is COc1cccc(-c2noc(-c3occc3Br)n2)c1. The van der Waals surface area contributed by atoms with E-state index in [-0.39, 0.29) is 0 Å². The standard InChI is InChI=1S/C13H9BrN2O3/c1-17-9-4-2-3-8(7-9)12-15-13(19-16-12)11-10(14)5-6-18-11/h2-7H,1H3. The topological polar surface area (TPSA) is 61.3 Å². The van der Waals surface area contributed by atoms with Gasteiger partial charge in [0.15, 0.2) is 0 Å². The first-order valence-electron chi connectivity index (χ1n) is 5.49.